The van der Waals surface area contributed by atoms with Gasteiger partial charge in [0.2, 0.25) is 5.91 Å². The van der Waals surface area contributed by atoms with Gasteiger partial charge in [0.05, 0.1) is 0 Å². The first-order valence-electron chi connectivity index (χ1n) is 10.6. The van der Waals surface area contributed by atoms with Crippen molar-refractivity contribution in [1.82, 2.24) is 0 Å². The number of rotatable bonds is 4. The fourth-order valence-electron chi connectivity index (χ4n) is 4.11. The molecular formula is C27H25BrN2O2. The molecule has 2 amide bonds. The Balaban J connectivity index is 1.82. The van der Waals surface area contributed by atoms with E-state index in [2.05, 4.69) is 15.9 Å². The van der Waals surface area contributed by atoms with Crippen molar-refractivity contribution in [2.45, 2.75) is 26.8 Å². The number of nitrogens with zero attached hydrogens (tertiary/aromatic N) is 2. The van der Waals surface area contributed by atoms with Crippen molar-refractivity contribution in [3.63, 3.8) is 0 Å². The highest BCUT2D eigenvalue weighted by molar-refractivity contribution is 9.10. The van der Waals surface area contributed by atoms with Crippen molar-refractivity contribution in [2.24, 2.45) is 0 Å². The lowest BCUT2D eigenvalue weighted by molar-refractivity contribution is -0.127. The van der Waals surface area contributed by atoms with E-state index >= 15 is 0 Å². The summed E-state index contributed by atoms with van der Waals surface area (Å²) in [6, 6.07) is 22.5. The Morgan fingerprint density at radius 2 is 1.62 bits per heavy atom. The van der Waals surface area contributed by atoms with Gasteiger partial charge in [0.15, 0.2) is 0 Å². The van der Waals surface area contributed by atoms with Gasteiger partial charge in [0.1, 0.15) is 12.6 Å². The van der Waals surface area contributed by atoms with E-state index in [1.54, 1.807) is 9.80 Å². The van der Waals surface area contributed by atoms with Crippen LogP contribution in [0.1, 0.15) is 23.6 Å². The highest BCUT2D eigenvalue weighted by Gasteiger charge is 2.42. The second-order valence-corrected chi connectivity index (χ2v) is 9.00. The third-order valence-corrected chi connectivity index (χ3v) is 6.45. The number of carbonyl (C=O) groups excluding carboxylic acids is 2. The smallest absolute Gasteiger partial charge is 0.254 e. The van der Waals surface area contributed by atoms with Gasteiger partial charge in [-0.25, -0.2) is 0 Å². The molecule has 1 aliphatic heterocycles. The Morgan fingerprint density at radius 3 is 2.31 bits per heavy atom. The maximum Gasteiger partial charge on any atom is 0.254 e. The number of amides is 2. The predicted molar refractivity (Wildman–Crippen MR) is 134 cm³/mol. The number of hydrogen-bond donors (Lipinski definition) is 0. The van der Waals surface area contributed by atoms with Gasteiger partial charge in [-0.1, -0.05) is 64.5 Å². The van der Waals surface area contributed by atoms with E-state index in [4.69, 9.17) is 0 Å². The van der Waals surface area contributed by atoms with Crippen molar-refractivity contribution in [3.05, 3.63) is 99.5 Å². The van der Waals surface area contributed by atoms with Gasteiger partial charge >= 0.3 is 0 Å². The van der Waals surface area contributed by atoms with Gasteiger partial charge in [0.25, 0.3) is 5.91 Å². The summed E-state index contributed by atoms with van der Waals surface area (Å²) in [5, 5.41) is 0. The maximum absolute atomic E-state index is 13.9. The SMILES string of the molecule is C/C(=C/c1ccccc1)[C@@H]1C(=O)N(c2cccc(C)c2C)CC(=O)N1c1ccc(Br)cc1. The van der Waals surface area contributed by atoms with Gasteiger partial charge < -0.3 is 4.90 Å². The average molecular weight is 489 g/mol. The Morgan fingerprint density at radius 1 is 0.938 bits per heavy atom. The topological polar surface area (TPSA) is 40.6 Å². The number of carbonyl (C=O) groups is 2. The van der Waals surface area contributed by atoms with E-state index in [1.807, 2.05) is 99.6 Å². The molecule has 4 nitrogen and oxygen atoms in total. The van der Waals surface area contributed by atoms with Gasteiger partial charge in [0, 0.05) is 15.8 Å². The fraction of sp³-hybridized carbons (Fsp3) is 0.185. The van der Waals surface area contributed by atoms with E-state index < -0.39 is 6.04 Å². The van der Waals surface area contributed by atoms with Crippen LogP contribution in [0.2, 0.25) is 0 Å². The van der Waals surface area contributed by atoms with E-state index in [9.17, 15) is 9.59 Å². The van der Waals surface area contributed by atoms with Crippen molar-refractivity contribution in [2.75, 3.05) is 16.3 Å². The normalized spacial score (nSPS) is 17.1. The second kappa shape index (κ2) is 9.13. The van der Waals surface area contributed by atoms with E-state index in [0.29, 0.717) is 5.69 Å². The summed E-state index contributed by atoms with van der Waals surface area (Å²) in [4.78, 5) is 30.6. The molecule has 0 unspecified atom stereocenters. The second-order valence-electron chi connectivity index (χ2n) is 8.09. The molecule has 3 aromatic carbocycles. The molecule has 1 fully saturated rings. The number of hydrogen-bond acceptors (Lipinski definition) is 2. The third-order valence-electron chi connectivity index (χ3n) is 5.92. The van der Waals surface area contributed by atoms with Crippen LogP contribution in [-0.2, 0) is 9.59 Å². The number of anilines is 2. The maximum atomic E-state index is 13.9. The molecule has 1 saturated heterocycles. The summed E-state index contributed by atoms with van der Waals surface area (Å²) in [5.41, 5.74) is 5.40. The standard InChI is InChI=1S/C27H25BrN2O2/c1-18-8-7-11-24(20(18)3)29-17-25(31)30(23-14-12-22(28)13-15-23)26(27(29)32)19(2)16-21-9-5-4-6-10-21/h4-16,26H,17H2,1-3H3/b19-16-/t26-/m1/s1. The number of benzene rings is 3. The van der Waals surface area contributed by atoms with Crippen LogP contribution in [-0.4, -0.2) is 24.4 Å². The molecule has 3 aromatic rings. The fourth-order valence-corrected chi connectivity index (χ4v) is 4.37. The van der Waals surface area contributed by atoms with E-state index in [0.717, 1.165) is 32.4 Å². The largest absolute Gasteiger partial charge is 0.301 e. The van der Waals surface area contributed by atoms with Crippen LogP contribution < -0.4 is 9.80 Å². The molecule has 0 radical (unpaired) electrons. The number of halogens is 1. The van der Waals surface area contributed by atoms with Crippen molar-refractivity contribution >= 4 is 45.2 Å². The van der Waals surface area contributed by atoms with E-state index in [1.165, 1.54) is 0 Å². The Hall–Kier alpha value is -3.18. The molecule has 0 spiro atoms. The van der Waals surface area contributed by atoms with Crippen molar-refractivity contribution in [3.8, 4) is 0 Å². The van der Waals surface area contributed by atoms with Crippen LogP contribution in [0.4, 0.5) is 11.4 Å². The first-order valence-corrected chi connectivity index (χ1v) is 11.3. The Bertz CT molecular complexity index is 1190. The number of aryl methyl sites for hydroxylation is 1. The molecule has 0 N–H and O–H groups in total. The number of piperazine rings is 1. The molecule has 1 heterocycles. The summed E-state index contributed by atoms with van der Waals surface area (Å²) in [7, 11) is 0. The minimum Gasteiger partial charge on any atom is -0.301 e. The molecule has 0 aliphatic carbocycles. The minimum atomic E-state index is -0.724. The Labute approximate surface area is 197 Å². The average Bonchev–Trinajstić information content (AvgIpc) is 2.78. The molecule has 0 saturated carbocycles. The van der Waals surface area contributed by atoms with Crippen LogP contribution in [0.3, 0.4) is 0 Å². The van der Waals surface area contributed by atoms with Crippen LogP contribution in [0.25, 0.3) is 6.08 Å². The summed E-state index contributed by atoms with van der Waals surface area (Å²) >= 11 is 3.45. The van der Waals surface area contributed by atoms with Crippen LogP contribution in [0, 0.1) is 13.8 Å². The lowest BCUT2D eigenvalue weighted by atomic mass is 9.97. The molecule has 5 heteroatoms. The first-order chi connectivity index (χ1) is 15.4. The van der Waals surface area contributed by atoms with Crippen molar-refractivity contribution in [1.29, 1.82) is 0 Å². The molecule has 1 atom stereocenters. The van der Waals surface area contributed by atoms with Crippen LogP contribution in [0.5, 0.6) is 0 Å². The summed E-state index contributed by atoms with van der Waals surface area (Å²) in [6.07, 6.45) is 1.98. The molecule has 162 valence electrons. The summed E-state index contributed by atoms with van der Waals surface area (Å²) < 4.78 is 0.919. The monoisotopic (exact) mass is 488 g/mol. The third kappa shape index (κ3) is 4.26. The lowest BCUT2D eigenvalue weighted by Crippen LogP contribution is -2.61. The molecule has 1 aliphatic rings. The van der Waals surface area contributed by atoms with Gasteiger partial charge in [-0.15, -0.1) is 0 Å². The first kappa shape index (κ1) is 22.0. The molecule has 0 bridgehead atoms. The molecular weight excluding hydrogens is 464 g/mol. The molecule has 32 heavy (non-hydrogen) atoms. The lowest BCUT2D eigenvalue weighted by Gasteiger charge is -2.41. The van der Waals surface area contributed by atoms with Gasteiger partial charge in [-0.05, 0) is 73.4 Å². The van der Waals surface area contributed by atoms with Gasteiger partial charge in [-0.2, -0.15) is 0 Å². The quantitative estimate of drug-likeness (QED) is 0.457. The summed E-state index contributed by atoms with van der Waals surface area (Å²) in [6.45, 7) is 5.93. The zero-order valence-corrected chi connectivity index (χ0v) is 20.0. The minimum absolute atomic E-state index is 0.00824. The zero-order valence-electron chi connectivity index (χ0n) is 18.4. The molecule has 0 aromatic heterocycles. The highest BCUT2D eigenvalue weighted by Crippen LogP contribution is 2.32. The van der Waals surface area contributed by atoms with Crippen molar-refractivity contribution < 1.29 is 9.59 Å². The van der Waals surface area contributed by atoms with E-state index in [-0.39, 0.29) is 18.4 Å². The van der Waals surface area contributed by atoms with Crippen LogP contribution in [0.15, 0.2) is 82.8 Å². The highest BCUT2D eigenvalue weighted by atomic mass is 79.9. The summed E-state index contributed by atoms with van der Waals surface area (Å²) in [5.74, 6) is -0.218. The Kier molecular flexibility index (Phi) is 6.28. The molecule has 4 rings (SSSR count). The predicted octanol–water partition coefficient (Wildman–Crippen LogP) is 5.92. The van der Waals surface area contributed by atoms with Gasteiger partial charge in [-0.3, -0.25) is 14.5 Å². The van der Waals surface area contributed by atoms with Crippen LogP contribution >= 0.6 is 15.9 Å². The zero-order chi connectivity index (χ0) is 22.8.